The van der Waals surface area contributed by atoms with Crippen molar-refractivity contribution in [2.24, 2.45) is 0 Å². The molecule has 1 aromatic heterocycles. The summed E-state index contributed by atoms with van der Waals surface area (Å²) in [5.41, 5.74) is 0. The molecule has 0 atom stereocenters. The number of hydrogen-bond acceptors (Lipinski definition) is 3. The number of nitrogens with one attached hydrogen (secondary N) is 1. The van der Waals surface area contributed by atoms with Gasteiger partial charge in [0.15, 0.2) is 0 Å². The van der Waals surface area contributed by atoms with E-state index in [1.165, 1.54) is 12.8 Å². The van der Waals surface area contributed by atoms with Crippen molar-refractivity contribution < 1.29 is 4.79 Å². The minimum Gasteiger partial charge on any atom is -0.333 e. The molecule has 5 heteroatoms. The maximum Gasteiger partial charge on any atom is 0.293 e. The summed E-state index contributed by atoms with van der Waals surface area (Å²) in [7, 11) is 0. The third-order valence-corrected chi connectivity index (χ3v) is 3.25. The van der Waals surface area contributed by atoms with E-state index in [0.29, 0.717) is 17.8 Å². The van der Waals surface area contributed by atoms with E-state index in [1.54, 1.807) is 0 Å². The molecule has 0 spiro atoms. The molecule has 2 saturated carbocycles. The lowest BCUT2D eigenvalue weighted by Crippen LogP contribution is -2.33. The van der Waals surface area contributed by atoms with Gasteiger partial charge in [-0.25, -0.2) is 4.98 Å². The normalized spacial score (nSPS) is 19.8. The highest BCUT2D eigenvalue weighted by Gasteiger charge is 2.34. The van der Waals surface area contributed by atoms with Gasteiger partial charge in [-0.15, -0.1) is 5.10 Å². The third-order valence-electron chi connectivity index (χ3n) is 3.25. The Bertz CT molecular complexity index is 406. The van der Waals surface area contributed by atoms with E-state index in [-0.39, 0.29) is 5.91 Å². The summed E-state index contributed by atoms with van der Waals surface area (Å²) >= 11 is 0. The smallest absolute Gasteiger partial charge is 0.293 e. The van der Waals surface area contributed by atoms with Gasteiger partial charge in [-0.3, -0.25) is 9.89 Å². The SMILES string of the molecule is CCN(C(=O)c1n[nH]c(C2CC2)n1)C1CC1. The maximum atomic E-state index is 12.1. The van der Waals surface area contributed by atoms with Gasteiger partial charge >= 0.3 is 0 Å². The molecule has 3 rings (SSSR count). The van der Waals surface area contributed by atoms with Crippen LogP contribution in [0, 0.1) is 0 Å². The van der Waals surface area contributed by atoms with Gasteiger partial charge in [0.05, 0.1) is 0 Å². The van der Waals surface area contributed by atoms with Gasteiger partial charge in [0.1, 0.15) is 5.82 Å². The second-order valence-corrected chi connectivity index (χ2v) is 4.64. The van der Waals surface area contributed by atoms with Gasteiger partial charge in [0, 0.05) is 18.5 Å². The number of aromatic nitrogens is 3. The molecule has 0 saturated heterocycles. The Balaban J connectivity index is 1.76. The number of carbonyl (C=O) groups is 1. The van der Waals surface area contributed by atoms with Gasteiger partial charge in [0.2, 0.25) is 5.82 Å². The van der Waals surface area contributed by atoms with Crippen molar-refractivity contribution in [2.75, 3.05) is 6.54 Å². The zero-order chi connectivity index (χ0) is 11.1. The van der Waals surface area contributed by atoms with Crippen LogP contribution in [0.15, 0.2) is 0 Å². The van der Waals surface area contributed by atoms with Gasteiger partial charge < -0.3 is 4.90 Å². The molecule has 1 heterocycles. The minimum absolute atomic E-state index is 0.0202. The number of H-pyrrole nitrogens is 1. The van der Waals surface area contributed by atoms with Crippen molar-refractivity contribution in [3.63, 3.8) is 0 Å². The lowest BCUT2D eigenvalue weighted by atomic mass is 10.4. The first-order chi connectivity index (χ1) is 7.79. The Labute approximate surface area is 94.2 Å². The second kappa shape index (κ2) is 3.57. The summed E-state index contributed by atoms with van der Waals surface area (Å²) in [4.78, 5) is 18.3. The van der Waals surface area contributed by atoms with E-state index in [1.807, 2.05) is 11.8 Å². The predicted octanol–water partition coefficient (Wildman–Crippen LogP) is 1.31. The first kappa shape index (κ1) is 9.81. The highest BCUT2D eigenvalue weighted by Crippen LogP contribution is 2.37. The molecule has 2 aliphatic carbocycles. The highest BCUT2D eigenvalue weighted by atomic mass is 16.2. The Morgan fingerprint density at radius 2 is 2.19 bits per heavy atom. The van der Waals surface area contributed by atoms with Crippen molar-refractivity contribution in [3.05, 3.63) is 11.6 Å². The zero-order valence-electron chi connectivity index (χ0n) is 9.44. The van der Waals surface area contributed by atoms with E-state index in [2.05, 4.69) is 15.2 Å². The lowest BCUT2D eigenvalue weighted by molar-refractivity contribution is 0.0740. The van der Waals surface area contributed by atoms with E-state index in [4.69, 9.17) is 0 Å². The zero-order valence-corrected chi connectivity index (χ0v) is 9.44. The minimum atomic E-state index is -0.0202. The fourth-order valence-electron chi connectivity index (χ4n) is 1.99. The van der Waals surface area contributed by atoms with Gasteiger partial charge in [-0.05, 0) is 32.6 Å². The Hall–Kier alpha value is -1.39. The summed E-state index contributed by atoms with van der Waals surface area (Å²) in [6, 6.07) is 0.431. The third kappa shape index (κ3) is 1.70. The van der Waals surface area contributed by atoms with E-state index < -0.39 is 0 Å². The van der Waals surface area contributed by atoms with Crippen molar-refractivity contribution in [3.8, 4) is 0 Å². The summed E-state index contributed by atoms with van der Waals surface area (Å²) in [6.45, 7) is 2.75. The van der Waals surface area contributed by atoms with E-state index in [0.717, 1.165) is 25.2 Å². The molecule has 1 amide bonds. The average molecular weight is 220 g/mol. The predicted molar refractivity (Wildman–Crippen MR) is 58.1 cm³/mol. The maximum absolute atomic E-state index is 12.1. The molecule has 0 unspecified atom stereocenters. The second-order valence-electron chi connectivity index (χ2n) is 4.64. The Morgan fingerprint density at radius 3 is 2.75 bits per heavy atom. The van der Waals surface area contributed by atoms with Crippen LogP contribution in [-0.4, -0.2) is 38.6 Å². The van der Waals surface area contributed by atoms with Crippen LogP contribution in [0.3, 0.4) is 0 Å². The number of rotatable bonds is 4. The molecule has 0 aromatic carbocycles. The van der Waals surface area contributed by atoms with Gasteiger partial charge in [-0.2, -0.15) is 0 Å². The lowest BCUT2D eigenvalue weighted by Gasteiger charge is -2.17. The molecule has 16 heavy (non-hydrogen) atoms. The van der Waals surface area contributed by atoms with Crippen LogP contribution in [0.25, 0.3) is 0 Å². The fourth-order valence-corrected chi connectivity index (χ4v) is 1.99. The summed E-state index contributed by atoms with van der Waals surface area (Å²) < 4.78 is 0. The first-order valence-corrected chi connectivity index (χ1v) is 6.03. The van der Waals surface area contributed by atoms with E-state index >= 15 is 0 Å². The number of amides is 1. The number of aromatic amines is 1. The molecule has 2 aliphatic rings. The van der Waals surface area contributed by atoms with Gasteiger partial charge in [-0.1, -0.05) is 0 Å². The van der Waals surface area contributed by atoms with Gasteiger partial charge in [0.25, 0.3) is 5.91 Å². The van der Waals surface area contributed by atoms with Crippen molar-refractivity contribution >= 4 is 5.91 Å². The number of carbonyl (C=O) groups excluding carboxylic acids is 1. The van der Waals surface area contributed by atoms with Crippen LogP contribution in [0.2, 0.25) is 0 Å². The monoisotopic (exact) mass is 220 g/mol. The van der Waals surface area contributed by atoms with Crippen molar-refractivity contribution in [1.29, 1.82) is 0 Å². The van der Waals surface area contributed by atoms with Crippen molar-refractivity contribution in [1.82, 2.24) is 20.1 Å². The Kier molecular flexibility index (Phi) is 2.19. The van der Waals surface area contributed by atoms with Crippen LogP contribution in [0.5, 0.6) is 0 Å². The summed E-state index contributed by atoms with van der Waals surface area (Å²) in [5, 5.41) is 6.91. The van der Waals surface area contributed by atoms with Crippen LogP contribution in [0.4, 0.5) is 0 Å². The van der Waals surface area contributed by atoms with Crippen LogP contribution in [0.1, 0.15) is 55.0 Å². The molecule has 5 nitrogen and oxygen atoms in total. The standard InChI is InChI=1S/C11H16N4O/c1-2-15(8-5-6-8)11(16)10-12-9(13-14-10)7-3-4-7/h7-8H,2-6H2,1H3,(H,12,13,14). The summed E-state index contributed by atoms with van der Waals surface area (Å²) in [6.07, 6.45) is 4.59. The average Bonchev–Trinajstić information content (AvgIpc) is 3.20. The fraction of sp³-hybridized carbons (Fsp3) is 0.727. The largest absolute Gasteiger partial charge is 0.333 e. The number of hydrogen-bond donors (Lipinski definition) is 1. The van der Waals surface area contributed by atoms with Crippen molar-refractivity contribution in [2.45, 2.75) is 44.6 Å². The van der Waals surface area contributed by atoms with E-state index in [9.17, 15) is 4.79 Å². The molecule has 86 valence electrons. The first-order valence-electron chi connectivity index (χ1n) is 6.03. The highest BCUT2D eigenvalue weighted by molar-refractivity contribution is 5.90. The summed E-state index contributed by atoms with van der Waals surface area (Å²) in [5.74, 6) is 1.73. The molecular formula is C11H16N4O. The van der Waals surface area contributed by atoms with Crippen LogP contribution >= 0.6 is 0 Å². The molecular weight excluding hydrogens is 204 g/mol. The quantitative estimate of drug-likeness (QED) is 0.832. The molecule has 0 radical (unpaired) electrons. The van der Waals surface area contributed by atoms with Crippen LogP contribution in [-0.2, 0) is 0 Å². The topological polar surface area (TPSA) is 61.9 Å². The molecule has 0 aliphatic heterocycles. The Morgan fingerprint density at radius 1 is 1.44 bits per heavy atom. The molecule has 0 bridgehead atoms. The number of nitrogens with zero attached hydrogens (tertiary/aromatic N) is 3. The molecule has 1 aromatic rings. The van der Waals surface area contributed by atoms with Crippen LogP contribution < -0.4 is 0 Å². The molecule has 1 N–H and O–H groups in total. The molecule has 2 fully saturated rings.